The summed E-state index contributed by atoms with van der Waals surface area (Å²) < 4.78 is 0. The molecule has 0 saturated heterocycles. The van der Waals surface area contributed by atoms with E-state index in [1.54, 1.807) is 0 Å². The summed E-state index contributed by atoms with van der Waals surface area (Å²) >= 11 is 0. The van der Waals surface area contributed by atoms with E-state index in [-0.39, 0.29) is 23.3 Å². The van der Waals surface area contributed by atoms with Gasteiger partial charge in [0.25, 0.3) is 0 Å². The molecule has 0 fully saturated rings. The van der Waals surface area contributed by atoms with Gasteiger partial charge in [-0.15, -0.1) is 0 Å². The molecule has 0 bridgehead atoms. The fourth-order valence-electron chi connectivity index (χ4n) is 3.03. The number of nitrogens with zero attached hydrogens (tertiary/aromatic N) is 2. The topological polar surface area (TPSA) is 52.7 Å². The van der Waals surface area contributed by atoms with Crippen molar-refractivity contribution in [2.24, 2.45) is 11.3 Å². The van der Waals surface area contributed by atoms with Gasteiger partial charge in [0.15, 0.2) is 0 Å². The number of rotatable bonds is 8. The van der Waals surface area contributed by atoms with Gasteiger partial charge in [0.2, 0.25) is 11.8 Å². The van der Waals surface area contributed by atoms with Gasteiger partial charge in [0, 0.05) is 50.9 Å². The second-order valence-corrected chi connectivity index (χ2v) is 9.38. The molecule has 1 aromatic rings. The van der Waals surface area contributed by atoms with E-state index in [0.29, 0.717) is 25.3 Å². The molecule has 5 heteroatoms. The zero-order chi connectivity index (χ0) is 21.6. The second-order valence-electron chi connectivity index (χ2n) is 9.38. The third-order valence-electron chi connectivity index (χ3n) is 4.97. The van der Waals surface area contributed by atoms with Crippen molar-refractivity contribution in [3.05, 3.63) is 23.8 Å². The third kappa shape index (κ3) is 7.17. The molecule has 0 unspecified atom stereocenters. The third-order valence-corrected chi connectivity index (χ3v) is 4.97. The quantitative estimate of drug-likeness (QED) is 0.687. The van der Waals surface area contributed by atoms with Crippen molar-refractivity contribution in [3.8, 4) is 0 Å². The van der Waals surface area contributed by atoms with Crippen molar-refractivity contribution < 1.29 is 9.59 Å². The Labute approximate surface area is 171 Å². The SMILES string of the molecule is CCC(=O)Nc1ccc(N(C)C)c(CN(C(=O)CC(C)(C)C)[C@H](C)C(C)C)c1. The summed E-state index contributed by atoms with van der Waals surface area (Å²) in [4.78, 5) is 29.0. The highest BCUT2D eigenvalue weighted by Crippen LogP contribution is 2.28. The van der Waals surface area contributed by atoms with Gasteiger partial charge < -0.3 is 15.1 Å². The largest absolute Gasteiger partial charge is 0.377 e. The number of carbonyl (C=O) groups excluding carboxylic acids is 2. The zero-order valence-electron chi connectivity index (χ0n) is 19.2. The highest BCUT2D eigenvalue weighted by molar-refractivity contribution is 5.91. The van der Waals surface area contributed by atoms with Gasteiger partial charge >= 0.3 is 0 Å². The van der Waals surface area contributed by atoms with Crippen LogP contribution in [0.5, 0.6) is 0 Å². The maximum Gasteiger partial charge on any atom is 0.224 e. The Bertz CT molecular complexity index is 675. The minimum atomic E-state index is -0.0621. The zero-order valence-corrected chi connectivity index (χ0v) is 19.2. The van der Waals surface area contributed by atoms with E-state index in [4.69, 9.17) is 0 Å². The van der Waals surface area contributed by atoms with Crippen LogP contribution < -0.4 is 10.2 Å². The van der Waals surface area contributed by atoms with Crippen LogP contribution in [0.3, 0.4) is 0 Å². The predicted octanol–water partition coefficient (Wildman–Crippen LogP) is 4.91. The van der Waals surface area contributed by atoms with Gasteiger partial charge in [0.1, 0.15) is 0 Å². The average Bonchev–Trinajstić information content (AvgIpc) is 2.57. The first-order chi connectivity index (χ1) is 12.9. The Kier molecular flexibility index (Phi) is 8.52. The predicted molar refractivity (Wildman–Crippen MR) is 119 cm³/mol. The smallest absolute Gasteiger partial charge is 0.224 e. The van der Waals surface area contributed by atoms with Crippen LogP contribution in [-0.4, -0.2) is 36.9 Å². The molecule has 5 nitrogen and oxygen atoms in total. The number of anilines is 2. The minimum absolute atomic E-state index is 0.0141. The van der Waals surface area contributed by atoms with Gasteiger partial charge in [-0.05, 0) is 42.0 Å². The first kappa shape index (κ1) is 24.0. The van der Waals surface area contributed by atoms with E-state index in [0.717, 1.165) is 16.9 Å². The Morgan fingerprint density at radius 3 is 2.18 bits per heavy atom. The van der Waals surface area contributed by atoms with Crippen LogP contribution in [0.25, 0.3) is 0 Å². The minimum Gasteiger partial charge on any atom is -0.377 e. The monoisotopic (exact) mass is 389 g/mol. The Morgan fingerprint density at radius 2 is 1.71 bits per heavy atom. The summed E-state index contributed by atoms with van der Waals surface area (Å²) in [5.41, 5.74) is 2.80. The first-order valence-corrected chi connectivity index (χ1v) is 10.2. The first-order valence-electron chi connectivity index (χ1n) is 10.2. The van der Waals surface area contributed by atoms with Gasteiger partial charge in [0.05, 0.1) is 0 Å². The van der Waals surface area contributed by atoms with Crippen LogP contribution in [0.1, 0.15) is 66.9 Å². The summed E-state index contributed by atoms with van der Waals surface area (Å²) in [5, 5.41) is 2.93. The summed E-state index contributed by atoms with van der Waals surface area (Å²) in [6, 6.07) is 6.04. The van der Waals surface area contributed by atoms with Crippen LogP contribution in [0, 0.1) is 11.3 Å². The molecule has 2 amide bonds. The molecule has 0 spiro atoms. The molecule has 0 aromatic heterocycles. The lowest BCUT2D eigenvalue weighted by Gasteiger charge is -2.35. The number of hydrogen-bond acceptors (Lipinski definition) is 3. The molecule has 0 radical (unpaired) electrons. The fraction of sp³-hybridized carbons (Fsp3) is 0.652. The molecular formula is C23H39N3O2. The van der Waals surface area contributed by atoms with Crippen LogP contribution in [0.2, 0.25) is 0 Å². The molecule has 0 aliphatic heterocycles. The van der Waals surface area contributed by atoms with E-state index < -0.39 is 0 Å². The normalized spacial score (nSPS) is 12.6. The maximum absolute atomic E-state index is 13.1. The molecule has 1 atom stereocenters. The highest BCUT2D eigenvalue weighted by Gasteiger charge is 2.27. The molecule has 28 heavy (non-hydrogen) atoms. The number of amides is 2. The summed E-state index contributed by atoms with van der Waals surface area (Å²) in [5.74, 6) is 0.510. The van der Waals surface area contributed by atoms with Crippen LogP contribution in [0.4, 0.5) is 11.4 Å². The summed E-state index contributed by atoms with van der Waals surface area (Å²) in [6.07, 6.45) is 0.943. The van der Waals surface area contributed by atoms with Gasteiger partial charge in [-0.2, -0.15) is 0 Å². The van der Waals surface area contributed by atoms with E-state index in [1.807, 2.05) is 49.0 Å². The van der Waals surface area contributed by atoms with Crippen molar-refractivity contribution in [1.82, 2.24) is 4.90 Å². The molecule has 158 valence electrons. The van der Waals surface area contributed by atoms with Gasteiger partial charge in [-0.1, -0.05) is 41.5 Å². The second kappa shape index (κ2) is 9.94. The van der Waals surface area contributed by atoms with Crippen molar-refractivity contribution >= 4 is 23.2 Å². The molecule has 0 aliphatic rings. The maximum atomic E-state index is 13.1. The molecule has 1 aromatic carbocycles. The molecule has 0 aliphatic carbocycles. The van der Waals surface area contributed by atoms with E-state index >= 15 is 0 Å². The van der Waals surface area contributed by atoms with Crippen molar-refractivity contribution in [2.75, 3.05) is 24.3 Å². The Balaban J connectivity index is 3.28. The molecular weight excluding hydrogens is 350 g/mol. The number of carbonyl (C=O) groups is 2. The lowest BCUT2D eigenvalue weighted by Crippen LogP contribution is -2.42. The standard InChI is InChI=1S/C23H39N3O2/c1-10-21(27)24-19-11-12-20(25(8)9)18(13-19)15-26(17(4)16(2)3)22(28)14-23(5,6)7/h11-13,16-17H,10,14-15H2,1-9H3,(H,24,27)/t17-/m1/s1. The van der Waals surface area contributed by atoms with Crippen molar-refractivity contribution in [2.45, 2.75) is 73.9 Å². The summed E-state index contributed by atoms with van der Waals surface area (Å²) in [6.45, 7) is 15.0. The summed E-state index contributed by atoms with van der Waals surface area (Å²) in [7, 11) is 3.99. The number of hydrogen-bond donors (Lipinski definition) is 1. The van der Waals surface area contributed by atoms with Gasteiger partial charge in [-0.3, -0.25) is 9.59 Å². The lowest BCUT2D eigenvalue weighted by atomic mass is 9.90. The molecule has 1 N–H and O–H groups in total. The fourth-order valence-corrected chi connectivity index (χ4v) is 3.03. The van der Waals surface area contributed by atoms with Crippen molar-refractivity contribution in [3.63, 3.8) is 0 Å². The van der Waals surface area contributed by atoms with Crippen LogP contribution in [-0.2, 0) is 16.1 Å². The van der Waals surface area contributed by atoms with E-state index in [9.17, 15) is 9.59 Å². The van der Waals surface area contributed by atoms with Crippen LogP contribution >= 0.6 is 0 Å². The average molecular weight is 390 g/mol. The van der Waals surface area contributed by atoms with Gasteiger partial charge in [-0.25, -0.2) is 0 Å². The van der Waals surface area contributed by atoms with Crippen molar-refractivity contribution in [1.29, 1.82) is 0 Å². The number of benzene rings is 1. The Hall–Kier alpha value is -2.04. The Morgan fingerprint density at radius 1 is 1.11 bits per heavy atom. The van der Waals surface area contributed by atoms with E-state index in [2.05, 4.69) is 46.9 Å². The highest BCUT2D eigenvalue weighted by atomic mass is 16.2. The van der Waals surface area contributed by atoms with E-state index in [1.165, 1.54) is 0 Å². The van der Waals surface area contributed by atoms with Crippen LogP contribution in [0.15, 0.2) is 18.2 Å². The molecule has 1 rings (SSSR count). The molecule has 0 heterocycles. The molecule has 0 saturated carbocycles. The number of nitrogens with one attached hydrogen (secondary N) is 1. The lowest BCUT2D eigenvalue weighted by molar-refractivity contribution is -0.136.